The highest BCUT2D eigenvalue weighted by Crippen LogP contribution is 2.09. The molecular formula is C10H15N3. The van der Waals surface area contributed by atoms with Crippen molar-refractivity contribution in [2.45, 2.75) is 32.4 Å². The fourth-order valence-corrected chi connectivity index (χ4v) is 1.25. The maximum atomic E-state index is 5.76. The fraction of sp³-hybridized carbons (Fsp3) is 0.500. The molecule has 3 heteroatoms. The van der Waals surface area contributed by atoms with Gasteiger partial charge in [-0.1, -0.05) is 0 Å². The third-order valence-electron chi connectivity index (χ3n) is 1.93. The van der Waals surface area contributed by atoms with Crippen molar-refractivity contribution in [3.8, 4) is 12.3 Å². The van der Waals surface area contributed by atoms with Crippen LogP contribution in [0, 0.1) is 12.3 Å². The SMILES string of the molecule is C#CCCCn1cncc1[C@@H](C)N. The van der Waals surface area contributed by atoms with Gasteiger partial charge in [-0.25, -0.2) is 4.98 Å². The van der Waals surface area contributed by atoms with Crippen molar-refractivity contribution in [2.75, 3.05) is 0 Å². The van der Waals surface area contributed by atoms with E-state index in [-0.39, 0.29) is 6.04 Å². The van der Waals surface area contributed by atoms with Gasteiger partial charge in [0.05, 0.1) is 12.0 Å². The smallest absolute Gasteiger partial charge is 0.0948 e. The average Bonchev–Trinajstić information content (AvgIpc) is 2.53. The zero-order chi connectivity index (χ0) is 9.68. The molecule has 0 radical (unpaired) electrons. The van der Waals surface area contributed by atoms with Gasteiger partial charge in [-0.15, -0.1) is 12.3 Å². The minimum atomic E-state index is 0.0355. The minimum absolute atomic E-state index is 0.0355. The van der Waals surface area contributed by atoms with Gasteiger partial charge in [-0.05, 0) is 13.3 Å². The summed E-state index contributed by atoms with van der Waals surface area (Å²) in [5.41, 5.74) is 6.83. The van der Waals surface area contributed by atoms with Crippen LogP contribution in [0.1, 0.15) is 31.5 Å². The zero-order valence-electron chi connectivity index (χ0n) is 7.90. The first-order valence-electron chi connectivity index (χ1n) is 4.44. The van der Waals surface area contributed by atoms with Gasteiger partial charge in [0, 0.05) is 25.2 Å². The third kappa shape index (κ3) is 2.60. The summed E-state index contributed by atoms with van der Waals surface area (Å²) >= 11 is 0. The number of nitrogens with two attached hydrogens (primary N) is 1. The van der Waals surface area contributed by atoms with Crippen molar-refractivity contribution < 1.29 is 0 Å². The summed E-state index contributed by atoms with van der Waals surface area (Å²) in [4.78, 5) is 4.05. The molecular weight excluding hydrogens is 162 g/mol. The van der Waals surface area contributed by atoms with Crippen LogP contribution in [0.3, 0.4) is 0 Å². The van der Waals surface area contributed by atoms with Crippen LogP contribution in [0.2, 0.25) is 0 Å². The molecule has 1 aromatic heterocycles. The number of terminal acetylenes is 1. The Morgan fingerprint density at radius 2 is 2.54 bits per heavy atom. The molecule has 1 aromatic rings. The normalized spacial score (nSPS) is 12.4. The summed E-state index contributed by atoms with van der Waals surface area (Å²) in [7, 11) is 0. The Labute approximate surface area is 79.0 Å². The minimum Gasteiger partial charge on any atom is -0.333 e. The molecule has 1 heterocycles. The Kier molecular flexibility index (Phi) is 3.53. The van der Waals surface area contributed by atoms with Crippen molar-refractivity contribution in [3.63, 3.8) is 0 Å². The molecule has 0 aliphatic rings. The van der Waals surface area contributed by atoms with E-state index in [9.17, 15) is 0 Å². The van der Waals surface area contributed by atoms with Crippen LogP contribution in [0.5, 0.6) is 0 Å². The topological polar surface area (TPSA) is 43.8 Å². The summed E-state index contributed by atoms with van der Waals surface area (Å²) < 4.78 is 2.06. The van der Waals surface area contributed by atoms with Gasteiger partial charge >= 0.3 is 0 Å². The average molecular weight is 177 g/mol. The van der Waals surface area contributed by atoms with Gasteiger partial charge in [-0.2, -0.15) is 0 Å². The maximum absolute atomic E-state index is 5.76. The number of aromatic nitrogens is 2. The van der Waals surface area contributed by atoms with E-state index < -0.39 is 0 Å². The molecule has 0 aromatic carbocycles. The second-order valence-electron chi connectivity index (χ2n) is 3.11. The second kappa shape index (κ2) is 4.68. The monoisotopic (exact) mass is 177 g/mol. The molecule has 2 N–H and O–H groups in total. The first kappa shape index (κ1) is 9.82. The second-order valence-corrected chi connectivity index (χ2v) is 3.11. The number of unbranched alkanes of at least 4 members (excludes halogenated alkanes) is 1. The van der Waals surface area contributed by atoms with Crippen molar-refractivity contribution in [1.29, 1.82) is 0 Å². The number of hydrogen-bond donors (Lipinski definition) is 1. The van der Waals surface area contributed by atoms with E-state index in [1.165, 1.54) is 0 Å². The molecule has 1 rings (SSSR count). The number of rotatable bonds is 4. The molecule has 0 aliphatic carbocycles. The van der Waals surface area contributed by atoms with E-state index >= 15 is 0 Å². The van der Waals surface area contributed by atoms with Gasteiger partial charge < -0.3 is 10.3 Å². The summed E-state index contributed by atoms with van der Waals surface area (Å²) in [6.07, 6.45) is 10.6. The van der Waals surface area contributed by atoms with Crippen LogP contribution in [0.25, 0.3) is 0 Å². The van der Waals surface area contributed by atoms with E-state index in [1.54, 1.807) is 12.5 Å². The number of aryl methyl sites for hydroxylation is 1. The Hall–Kier alpha value is -1.27. The van der Waals surface area contributed by atoms with Gasteiger partial charge in [0.15, 0.2) is 0 Å². The summed E-state index contributed by atoms with van der Waals surface area (Å²) in [5, 5.41) is 0. The Bertz CT molecular complexity index is 293. The number of imidazole rings is 1. The standard InChI is InChI=1S/C10H15N3/c1-3-4-5-6-13-8-12-7-10(13)9(2)11/h1,7-9H,4-6,11H2,2H3/t9-/m1/s1. The van der Waals surface area contributed by atoms with Gasteiger partial charge in [0.2, 0.25) is 0 Å². The maximum Gasteiger partial charge on any atom is 0.0948 e. The molecule has 0 aliphatic heterocycles. The molecule has 0 fully saturated rings. The molecule has 0 amide bonds. The van der Waals surface area contributed by atoms with E-state index in [2.05, 4.69) is 15.5 Å². The third-order valence-corrected chi connectivity index (χ3v) is 1.93. The van der Waals surface area contributed by atoms with E-state index in [0.29, 0.717) is 0 Å². The van der Waals surface area contributed by atoms with Crippen LogP contribution in [0.4, 0.5) is 0 Å². The quantitative estimate of drug-likeness (QED) is 0.556. The van der Waals surface area contributed by atoms with Crippen LogP contribution in [-0.2, 0) is 6.54 Å². The number of hydrogen-bond acceptors (Lipinski definition) is 2. The highest BCUT2D eigenvalue weighted by atomic mass is 15.1. The Morgan fingerprint density at radius 1 is 1.77 bits per heavy atom. The van der Waals surface area contributed by atoms with E-state index in [1.807, 2.05) is 6.92 Å². The molecule has 0 spiro atoms. The largest absolute Gasteiger partial charge is 0.333 e. The van der Waals surface area contributed by atoms with Crippen molar-refractivity contribution in [3.05, 3.63) is 18.2 Å². The molecule has 1 atom stereocenters. The van der Waals surface area contributed by atoms with E-state index in [4.69, 9.17) is 12.2 Å². The lowest BCUT2D eigenvalue weighted by Gasteiger charge is -2.09. The van der Waals surface area contributed by atoms with Crippen LogP contribution in [0.15, 0.2) is 12.5 Å². The predicted molar refractivity (Wildman–Crippen MR) is 52.9 cm³/mol. The molecule has 0 unspecified atom stereocenters. The zero-order valence-corrected chi connectivity index (χ0v) is 7.90. The van der Waals surface area contributed by atoms with Crippen LogP contribution >= 0.6 is 0 Å². The van der Waals surface area contributed by atoms with Crippen molar-refractivity contribution >= 4 is 0 Å². The van der Waals surface area contributed by atoms with Crippen molar-refractivity contribution in [2.24, 2.45) is 5.73 Å². The Balaban J connectivity index is 2.56. The van der Waals surface area contributed by atoms with Gasteiger partial charge in [0.1, 0.15) is 0 Å². The Morgan fingerprint density at radius 3 is 3.15 bits per heavy atom. The predicted octanol–water partition coefficient (Wildman–Crippen LogP) is 1.32. The lowest BCUT2D eigenvalue weighted by molar-refractivity contribution is 0.600. The van der Waals surface area contributed by atoms with Gasteiger partial charge in [0.25, 0.3) is 0 Å². The highest BCUT2D eigenvalue weighted by molar-refractivity contribution is 5.03. The van der Waals surface area contributed by atoms with Gasteiger partial charge in [-0.3, -0.25) is 0 Å². The summed E-state index contributed by atoms with van der Waals surface area (Å²) in [5.74, 6) is 2.61. The summed E-state index contributed by atoms with van der Waals surface area (Å²) in [6, 6.07) is 0.0355. The first-order chi connectivity index (χ1) is 6.25. The fourth-order valence-electron chi connectivity index (χ4n) is 1.25. The first-order valence-corrected chi connectivity index (χ1v) is 4.44. The highest BCUT2D eigenvalue weighted by Gasteiger charge is 2.05. The molecule has 0 saturated carbocycles. The molecule has 70 valence electrons. The van der Waals surface area contributed by atoms with Crippen molar-refractivity contribution in [1.82, 2.24) is 9.55 Å². The van der Waals surface area contributed by atoms with Crippen LogP contribution in [-0.4, -0.2) is 9.55 Å². The molecule has 3 nitrogen and oxygen atoms in total. The lowest BCUT2D eigenvalue weighted by Crippen LogP contribution is -2.11. The van der Waals surface area contributed by atoms with Crippen LogP contribution < -0.4 is 5.73 Å². The molecule has 13 heavy (non-hydrogen) atoms. The number of nitrogens with zero attached hydrogens (tertiary/aromatic N) is 2. The molecule has 0 bridgehead atoms. The van der Waals surface area contributed by atoms with E-state index in [0.717, 1.165) is 25.1 Å². The molecule has 0 saturated heterocycles. The summed E-state index contributed by atoms with van der Waals surface area (Å²) in [6.45, 7) is 2.86. The lowest BCUT2D eigenvalue weighted by atomic mass is 10.2.